The molecule has 3 atom stereocenters. The van der Waals surface area contributed by atoms with E-state index >= 15 is 0 Å². The Balaban J connectivity index is 1.95. The highest BCUT2D eigenvalue weighted by molar-refractivity contribution is 7.89. The van der Waals surface area contributed by atoms with E-state index in [2.05, 4.69) is 4.98 Å². The molecule has 0 saturated carbocycles. The van der Waals surface area contributed by atoms with Crippen LogP contribution in [0.1, 0.15) is 18.2 Å². The van der Waals surface area contributed by atoms with Gasteiger partial charge >= 0.3 is 0 Å². The van der Waals surface area contributed by atoms with Gasteiger partial charge in [-0.2, -0.15) is 14.8 Å². The summed E-state index contributed by atoms with van der Waals surface area (Å²) in [5.41, 5.74) is -2.52. The third kappa shape index (κ3) is 3.72. The fraction of sp³-hybridized carbons (Fsp3) is 0.316. The summed E-state index contributed by atoms with van der Waals surface area (Å²) < 4.78 is 46.5. The zero-order valence-electron chi connectivity index (χ0n) is 15.7. The minimum absolute atomic E-state index is 0.0473. The maximum atomic E-state index is 13.9. The van der Waals surface area contributed by atoms with E-state index in [4.69, 9.17) is 15.3 Å². The van der Waals surface area contributed by atoms with Crippen LogP contribution in [0.15, 0.2) is 41.4 Å². The standard InChI is InChI=1S/C19H17FN4O5S/c1-12(25)19(26)11-24(30(27,28)17-3-2-6-23-16(17)9-22)10-18(19)29-14-5-4-13(8-21)15(20)7-14/h2-7,12,18,25-26H,10-11H2,1H3/t12?,18-,19+/m0/s1. The van der Waals surface area contributed by atoms with Gasteiger partial charge in [0.25, 0.3) is 0 Å². The maximum Gasteiger partial charge on any atom is 0.246 e. The highest BCUT2D eigenvalue weighted by Crippen LogP contribution is 2.33. The number of hydrogen-bond donors (Lipinski definition) is 2. The molecule has 0 bridgehead atoms. The van der Waals surface area contributed by atoms with Crippen LogP contribution in [0.5, 0.6) is 5.75 Å². The van der Waals surface area contributed by atoms with Gasteiger partial charge in [0, 0.05) is 18.8 Å². The fourth-order valence-electron chi connectivity index (χ4n) is 3.16. The summed E-state index contributed by atoms with van der Waals surface area (Å²) >= 11 is 0. The predicted octanol–water partition coefficient (Wildman–Crippen LogP) is 0.528. The number of nitriles is 2. The molecule has 1 aliphatic heterocycles. The van der Waals surface area contributed by atoms with E-state index in [1.165, 1.54) is 37.4 Å². The minimum atomic E-state index is -4.25. The number of aliphatic hydroxyl groups excluding tert-OH is 1. The van der Waals surface area contributed by atoms with E-state index in [0.29, 0.717) is 0 Å². The number of β-amino-alcohol motifs (C(OH)–C–C–N with tert-alkyl or cyclic N) is 1. The van der Waals surface area contributed by atoms with Crippen LogP contribution < -0.4 is 4.74 Å². The Hall–Kier alpha value is -3.09. The van der Waals surface area contributed by atoms with Crippen molar-refractivity contribution in [2.45, 2.75) is 29.6 Å². The van der Waals surface area contributed by atoms with E-state index in [1.54, 1.807) is 12.1 Å². The SMILES string of the molecule is CC(O)[C@]1(O)CN(S(=O)(=O)c2cccnc2C#N)C[C@@H]1Oc1ccc(C#N)c(F)c1. The lowest BCUT2D eigenvalue weighted by Crippen LogP contribution is -2.53. The molecule has 2 N–H and O–H groups in total. The van der Waals surface area contributed by atoms with Gasteiger partial charge < -0.3 is 14.9 Å². The van der Waals surface area contributed by atoms with Gasteiger partial charge in [-0.1, -0.05) is 0 Å². The summed E-state index contributed by atoms with van der Waals surface area (Å²) in [6.45, 7) is 0.387. The van der Waals surface area contributed by atoms with E-state index in [1.807, 2.05) is 0 Å². The molecular weight excluding hydrogens is 415 g/mol. The second kappa shape index (κ2) is 7.97. The number of hydrogen-bond acceptors (Lipinski definition) is 8. The maximum absolute atomic E-state index is 13.9. The molecule has 11 heteroatoms. The third-order valence-corrected chi connectivity index (χ3v) is 6.76. The normalized spacial score (nSPS) is 22.8. The number of rotatable bonds is 5. The van der Waals surface area contributed by atoms with Crippen LogP contribution in [-0.4, -0.2) is 58.8 Å². The summed E-state index contributed by atoms with van der Waals surface area (Å²) in [5, 5.41) is 39.1. The van der Waals surface area contributed by atoms with Crippen molar-refractivity contribution in [1.82, 2.24) is 9.29 Å². The number of halogens is 1. The molecule has 30 heavy (non-hydrogen) atoms. The Kier molecular flexibility index (Phi) is 5.74. The fourth-order valence-corrected chi connectivity index (χ4v) is 4.74. The highest BCUT2D eigenvalue weighted by Gasteiger charge is 2.54. The summed E-state index contributed by atoms with van der Waals surface area (Å²) in [4.78, 5) is 3.40. The van der Waals surface area contributed by atoms with Crippen molar-refractivity contribution in [2.24, 2.45) is 0 Å². The molecule has 3 rings (SSSR count). The molecule has 2 heterocycles. The lowest BCUT2D eigenvalue weighted by Gasteiger charge is -2.31. The molecule has 0 aliphatic carbocycles. The van der Waals surface area contributed by atoms with Crippen molar-refractivity contribution in [1.29, 1.82) is 10.5 Å². The molecule has 9 nitrogen and oxygen atoms in total. The van der Waals surface area contributed by atoms with Crippen LogP contribution in [0.4, 0.5) is 4.39 Å². The third-order valence-electron chi connectivity index (χ3n) is 4.91. The van der Waals surface area contributed by atoms with Gasteiger partial charge in [-0.05, 0) is 31.2 Å². The van der Waals surface area contributed by atoms with Crippen LogP contribution in [0.25, 0.3) is 0 Å². The molecule has 1 aromatic carbocycles. The average molecular weight is 432 g/mol. The molecule has 0 radical (unpaired) electrons. The molecule has 2 aromatic rings. The lowest BCUT2D eigenvalue weighted by atomic mass is 9.94. The zero-order valence-corrected chi connectivity index (χ0v) is 16.5. The number of aromatic nitrogens is 1. The number of benzene rings is 1. The van der Waals surface area contributed by atoms with Gasteiger partial charge in [0.2, 0.25) is 10.0 Å². The Morgan fingerprint density at radius 1 is 1.37 bits per heavy atom. The highest BCUT2D eigenvalue weighted by atomic mass is 32.2. The molecule has 1 aliphatic rings. The van der Waals surface area contributed by atoms with Gasteiger partial charge in [-0.3, -0.25) is 0 Å². The molecule has 1 aromatic heterocycles. The number of pyridine rings is 1. The monoisotopic (exact) mass is 432 g/mol. The first-order valence-corrected chi connectivity index (χ1v) is 10.2. The summed E-state index contributed by atoms with van der Waals surface area (Å²) in [7, 11) is -4.25. The molecule has 0 spiro atoms. The van der Waals surface area contributed by atoms with E-state index in [0.717, 1.165) is 10.4 Å². The number of sulfonamides is 1. The second-order valence-corrected chi connectivity index (χ2v) is 8.69. The topological polar surface area (TPSA) is 148 Å². The van der Waals surface area contributed by atoms with E-state index < -0.39 is 40.2 Å². The average Bonchev–Trinajstić information content (AvgIpc) is 3.06. The summed E-state index contributed by atoms with van der Waals surface area (Å²) in [6, 6.07) is 9.37. The Morgan fingerprint density at radius 3 is 2.70 bits per heavy atom. The first-order valence-electron chi connectivity index (χ1n) is 8.75. The van der Waals surface area contributed by atoms with Crippen molar-refractivity contribution in [3.63, 3.8) is 0 Å². The van der Waals surface area contributed by atoms with Gasteiger partial charge in [0.1, 0.15) is 40.3 Å². The van der Waals surface area contributed by atoms with Gasteiger partial charge in [0.05, 0.1) is 18.2 Å². The number of ether oxygens (including phenoxy) is 1. The Labute approximate surface area is 172 Å². The Bertz CT molecular complexity index is 1160. The van der Waals surface area contributed by atoms with Crippen LogP contribution in [0.3, 0.4) is 0 Å². The van der Waals surface area contributed by atoms with Crippen LogP contribution in [-0.2, 0) is 10.0 Å². The quantitative estimate of drug-likeness (QED) is 0.695. The van der Waals surface area contributed by atoms with Crippen molar-refractivity contribution >= 4 is 10.0 Å². The van der Waals surface area contributed by atoms with Crippen molar-refractivity contribution in [2.75, 3.05) is 13.1 Å². The molecular formula is C19H17FN4O5S. The van der Waals surface area contributed by atoms with E-state index in [-0.39, 0.29) is 28.4 Å². The van der Waals surface area contributed by atoms with Crippen molar-refractivity contribution in [3.8, 4) is 17.9 Å². The smallest absolute Gasteiger partial charge is 0.246 e. The lowest BCUT2D eigenvalue weighted by molar-refractivity contribution is -0.104. The summed E-state index contributed by atoms with van der Waals surface area (Å²) in [5.74, 6) is -0.888. The van der Waals surface area contributed by atoms with Crippen molar-refractivity contribution in [3.05, 3.63) is 53.6 Å². The molecule has 1 unspecified atom stereocenters. The van der Waals surface area contributed by atoms with Crippen LogP contribution >= 0.6 is 0 Å². The molecule has 1 saturated heterocycles. The first kappa shape index (κ1) is 21.6. The van der Waals surface area contributed by atoms with Crippen LogP contribution in [0, 0.1) is 28.5 Å². The molecule has 1 fully saturated rings. The number of aliphatic hydroxyl groups is 2. The first-order chi connectivity index (χ1) is 14.1. The van der Waals surface area contributed by atoms with Crippen LogP contribution in [0.2, 0.25) is 0 Å². The number of nitrogens with zero attached hydrogens (tertiary/aromatic N) is 4. The van der Waals surface area contributed by atoms with Gasteiger partial charge in [0.15, 0.2) is 5.69 Å². The van der Waals surface area contributed by atoms with E-state index in [9.17, 15) is 23.0 Å². The Morgan fingerprint density at radius 2 is 2.10 bits per heavy atom. The summed E-state index contributed by atoms with van der Waals surface area (Å²) in [6.07, 6.45) is -1.36. The molecule has 0 amide bonds. The molecule has 156 valence electrons. The zero-order chi connectivity index (χ0) is 22.1. The minimum Gasteiger partial charge on any atom is -0.486 e. The predicted molar refractivity (Wildman–Crippen MR) is 99.9 cm³/mol. The largest absolute Gasteiger partial charge is 0.486 e. The second-order valence-electron chi connectivity index (χ2n) is 6.79. The van der Waals surface area contributed by atoms with Gasteiger partial charge in [-0.15, -0.1) is 0 Å². The van der Waals surface area contributed by atoms with Crippen molar-refractivity contribution < 1.29 is 27.8 Å². The van der Waals surface area contributed by atoms with Gasteiger partial charge in [-0.25, -0.2) is 17.8 Å².